The van der Waals surface area contributed by atoms with E-state index in [1.54, 1.807) is 0 Å². The summed E-state index contributed by atoms with van der Waals surface area (Å²) >= 11 is 0. The Morgan fingerprint density at radius 2 is 2.06 bits per heavy atom. The van der Waals surface area contributed by atoms with Crippen molar-refractivity contribution in [3.8, 4) is 0 Å². The minimum absolute atomic E-state index is 0. The molecule has 0 aromatic rings. The molecule has 1 atom stereocenters. The fourth-order valence-electron chi connectivity index (χ4n) is 2.35. The summed E-state index contributed by atoms with van der Waals surface area (Å²) in [6, 6.07) is 0.448. The lowest BCUT2D eigenvalue weighted by molar-refractivity contribution is -0.132. The molecule has 3 nitrogen and oxygen atoms in total. The number of carbonyl (C=O) groups excluding carboxylic acids is 1. The number of nitrogens with two attached hydrogens (primary N) is 1. The van der Waals surface area contributed by atoms with Gasteiger partial charge in [-0.25, -0.2) is 0 Å². The van der Waals surface area contributed by atoms with E-state index in [1.807, 2.05) is 4.90 Å². The molecule has 1 aliphatic heterocycles. The van der Waals surface area contributed by atoms with Crippen LogP contribution in [0.3, 0.4) is 0 Å². The standard InChI is InChI=1S/C12H24N2O.ClH/c1-12(2,3)9-10-5-4-8-14(10)11(15)6-7-13;/h10H,4-9,13H2,1-3H3;1H. The van der Waals surface area contributed by atoms with Crippen molar-refractivity contribution in [3.63, 3.8) is 0 Å². The molecule has 0 saturated carbocycles. The van der Waals surface area contributed by atoms with Gasteiger partial charge in [-0.05, 0) is 24.7 Å². The van der Waals surface area contributed by atoms with Gasteiger partial charge in [0.25, 0.3) is 0 Å². The number of nitrogens with zero attached hydrogens (tertiary/aromatic N) is 1. The molecule has 0 bridgehead atoms. The van der Waals surface area contributed by atoms with E-state index >= 15 is 0 Å². The van der Waals surface area contributed by atoms with E-state index in [4.69, 9.17) is 5.73 Å². The number of hydrogen-bond acceptors (Lipinski definition) is 2. The third-order valence-corrected chi connectivity index (χ3v) is 2.90. The molecule has 2 N–H and O–H groups in total. The van der Waals surface area contributed by atoms with Crippen molar-refractivity contribution in [2.24, 2.45) is 11.1 Å². The third kappa shape index (κ3) is 4.71. The van der Waals surface area contributed by atoms with Crippen molar-refractivity contribution < 1.29 is 4.79 Å². The molecular formula is C12H25ClN2O. The maximum Gasteiger partial charge on any atom is 0.224 e. The SMILES string of the molecule is CC(C)(C)CC1CCCN1C(=O)CCN.Cl. The lowest BCUT2D eigenvalue weighted by Crippen LogP contribution is -2.38. The molecule has 1 aliphatic rings. The quantitative estimate of drug-likeness (QED) is 0.832. The van der Waals surface area contributed by atoms with Gasteiger partial charge in [-0.3, -0.25) is 4.79 Å². The first-order valence-corrected chi connectivity index (χ1v) is 5.93. The van der Waals surface area contributed by atoms with Crippen LogP contribution in [0, 0.1) is 5.41 Å². The van der Waals surface area contributed by atoms with Crippen molar-refractivity contribution in [3.05, 3.63) is 0 Å². The Labute approximate surface area is 105 Å². The molecule has 1 fully saturated rings. The van der Waals surface area contributed by atoms with E-state index < -0.39 is 0 Å². The van der Waals surface area contributed by atoms with E-state index in [0.717, 1.165) is 25.8 Å². The van der Waals surface area contributed by atoms with E-state index in [-0.39, 0.29) is 18.3 Å². The van der Waals surface area contributed by atoms with Crippen molar-refractivity contribution in [1.82, 2.24) is 4.90 Å². The van der Waals surface area contributed by atoms with Gasteiger partial charge < -0.3 is 10.6 Å². The average Bonchev–Trinajstić information content (AvgIpc) is 2.49. The molecule has 0 aliphatic carbocycles. The summed E-state index contributed by atoms with van der Waals surface area (Å²) in [6.45, 7) is 8.10. The summed E-state index contributed by atoms with van der Waals surface area (Å²) in [4.78, 5) is 13.8. The van der Waals surface area contributed by atoms with Gasteiger partial charge in [0.2, 0.25) is 5.91 Å². The van der Waals surface area contributed by atoms with Crippen LogP contribution in [0.25, 0.3) is 0 Å². The largest absolute Gasteiger partial charge is 0.340 e. The molecule has 1 rings (SSSR count). The second-order valence-electron chi connectivity index (χ2n) is 5.69. The zero-order valence-corrected chi connectivity index (χ0v) is 11.5. The number of halogens is 1. The molecular weight excluding hydrogens is 224 g/mol. The highest BCUT2D eigenvalue weighted by atomic mass is 35.5. The molecule has 0 radical (unpaired) electrons. The Balaban J connectivity index is 0.00000225. The van der Waals surface area contributed by atoms with E-state index in [9.17, 15) is 4.79 Å². The Morgan fingerprint density at radius 1 is 1.44 bits per heavy atom. The molecule has 1 unspecified atom stereocenters. The molecule has 0 spiro atoms. The lowest BCUT2D eigenvalue weighted by atomic mass is 9.87. The van der Waals surface area contributed by atoms with Crippen LogP contribution in [0.5, 0.6) is 0 Å². The highest BCUT2D eigenvalue weighted by molar-refractivity contribution is 5.85. The summed E-state index contributed by atoms with van der Waals surface area (Å²) in [5.74, 6) is 0.240. The number of rotatable bonds is 3. The predicted octanol–water partition coefficient (Wildman–Crippen LogP) is 2.18. The van der Waals surface area contributed by atoms with Crippen LogP contribution in [0.1, 0.15) is 46.5 Å². The lowest BCUT2D eigenvalue weighted by Gasteiger charge is -2.30. The minimum Gasteiger partial charge on any atom is -0.340 e. The van der Waals surface area contributed by atoms with Gasteiger partial charge in [-0.1, -0.05) is 20.8 Å². The second kappa shape index (κ2) is 6.45. The van der Waals surface area contributed by atoms with E-state index in [1.165, 1.54) is 0 Å². The Kier molecular flexibility index (Phi) is 6.34. The predicted molar refractivity (Wildman–Crippen MR) is 69.7 cm³/mol. The van der Waals surface area contributed by atoms with Gasteiger partial charge in [0.15, 0.2) is 0 Å². The maximum atomic E-state index is 11.8. The van der Waals surface area contributed by atoms with Gasteiger partial charge in [0, 0.05) is 25.6 Å². The molecule has 1 amide bonds. The van der Waals surface area contributed by atoms with E-state index in [0.29, 0.717) is 24.4 Å². The number of amides is 1. The number of carbonyl (C=O) groups is 1. The van der Waals surface area contributed by atoms with Crippen molar-refractivity contribution >= 4 is 18.3 Å². The van der Waals surface area contributed by atoms with Gasteiger partial charge in [-0.2, -0.15) is 0 Å². The first-order chi connectivity index (χ1) is 6.94. The molecule has 96 valence electrons. The van der Waals surface area contributed by atoms with Crippen LogP contribution in [0.2, 0.25) is 0 Å². The Hall–Kier alpha value is -0.280. The zero-order valence-electron chi connectivity index (χ0n) is 10.7. The molecule has 4 heteroatoms. The minimum atomic E-state index is 0. The Bertz CT molecular complexity index is 226. The van der Waals surface area contributed by atoms with Gasteiger partial charge in [-0.15, -0.1) is 12.4 Å². The van der Waals surface area contributed by atoms with Crippen LogP contribution >= 0.6 is 12.4 Å². The number of hydrogen-bond donors (Lipinski definition) is 1. The second-order valence-corrected chi connectivity index (χ2v) is 5.69. The van der Waals surface area contributed by atoms with Crippen LogP contribution in [0.15, 0.2) is 0 Å². The summed E-state index contributed by atoms with van der Waals surface area (Å²) in [7, 11) is 0. The summed E-state index contributed by atoms with van der Waals surface area (Å²) < 4.78 is 0. The van der Waals surface area contributed by atoms with Crippen molar-refractivity contribution in [2.45, 2.75) is 52.5 Å². The highest BCUT2D eigenvalue weighted by Gasteiger charge is 2.30. The molecule has 0 aromatic carbocycles. The van der Waals surface area contributed by atoms with Gasteiger partial charge in [0.1, 0.15) is 0 Å². The summed E-state index contributed by atoms with van der Waals surface area (Å²) in [6.07, 6.45) is 3.91. The normalized spacial score (nSPS) is 20.8. The summed E-state index contributed by atoms with van der Waals surface area (Å²) in [5.41, 5.74) is 5.72. The van der Waals surface area contributed by atoms with Gasteiger partial charge in [0.05, 0.1) is 0 Å². The monoisotopic (exact) mass is 248 g/mol. The topological polar surface area (TPSA) is 46.3 Å². The third-order valence-electron chi connectivity index (χ3n) is 2.90. The van der Waals surface area contributed by atoms with Crippen LogP contribution < -0.4 is 5.73 Å². The number of likely N-dealkylation sites (tertiary alicyclic amines) is 1. The maximum absolute atomic E-state index is 11.8. The molecule has 1 saturated heterocycles. The average molecular weight is 249 g/mol. The van der Waals surface area contributed by atoms with E-state index in [2.05, 4.69) is 20.8 Å². The fraction of sp³-hybridized carbons (Fsp3) is 0.917. The smallest absolute Gasteiger partial charge is 0.224 e. The first kappa shape index (κ1) is 15.7. The van der Waals surface area contributed by atoms with Gasteiger partial charge >= 0.3 is 0 Å². The molecule has 16 heavy (non-hydrogen) atoms. The highest BCUT2D eigenvalue weighted by Crippen LogP contribution is 2.30. The zero-order chi connectivity index (χ0) is 11.5. The van der Waals surface area contributed by atoms with Crippen LogP contribution in [-0.2, 0) is 4.79 Å². The van der Waals surface area contributed by atoms with Crippen LogP contribution in [0.4, 0.5) is 0 Å². The summed E-state index contributed by atoms with van der Waals surface area (Å²) in [5, 5.41) is 0. The van der Waals surface area contributed by atoms with Crippen LogP contribution in [-0.4, -0.2) is 29.9 Å². The Morgan fingerprint density at radius 3 is 2.56 bits per heavy atom. The first-order valence-electron chi connectivity index (χ1n) is 5.93. The van der Waals surface area contributed by atoms with Crippen molar-refractivity contribution in [1.29, 1.82) is 0 Å². The molecule has 1 heterocycles. The molecule has 0 aromatic heterocycles. The fourth-order valence-corrected chi connectivity index (χ4v) is 2.35. The van der Waals surface area contributed by atoms with Crippen molar-refractivity contribution in [2.75, 3.05) is 13.1 Å².